The van der Waals surface area contributed by atoms with E-state index >= 15 is 0 Å². The van der Waals surface area contributed by atoms with Gasteiger partial charge in [0.2, 0.25) is 10.0 Å². The van der Waals surface area contributed by atoms with E-state index in [9.17, 15) is 12.8 Å². The summed E-state index contributed by atoms with van der Waals surface area (Å²) in [6, 6.07) is 12.0. The maximum atomic E-state index is 13.6. The second kappa shape index (κ2) is 8.19. The zero-order valence-corrected chi connectivity index (χ0v) is 16.7. The highest BCUT2D eigenvalue weighted by molar-refractivity contribution is 7.89. The molecule has 0 radical (unpaired) electrons. The van der Waals surface area contributed by atoms with Crippen LogP contribution in [0, 0.1) is 5.82 Å². The molecule has 1 aliphatic carbocycles. The number of nitrogens with zero attached hydrogens (tertiary/aromatic N) is 1. The molecule has 150 valence electrons. The summed E-state index contributed by atoms with van der Waals surface area (Å²) >= 11 is 0. The first-order valence-electron chi connectivity index (χ1n) is 9.87. The Bertz CT molecular complexity index is 940. The monoisotopic (exact) mass is 405 g/mol. The van der Waals surface area contributed by atoms with Gasteiger partial charge in [0.25, 0.3) is 0 Å². The average Bonchev–Trinajstić information content (AvgIpc) is 3.18. The molecule has 2 aliphatic rings. The van der Waals surface area contributed by atoms with Crippen molar-refractivity contribution in [2.75, 3.05) is 39.3 Å². The third kappa shape index (κ3) is 4.06. The first-order valence-corrected chi connectivity index (χ1v) is 11.3. The van der Waals surface area contributed by atoms with Crippen molar-refractivity contribution in [3.05, 3.63) is 59.4 Å². The van der Waals surface area contributed by atoms with Gasteiger partial charge in [0, 0.05) is 0 Å². The van der Waals surface area contributed by atoms with Gasteiger partial charge in [-0.15, -0.1) is 0 Å². The average molecular weight is 406 g/mol. The van der Waals surface area contributed by atoms with Gasteiger partial charge in [0.05, 0.1) is 31.1 Å². The van der Waals surface area contributed by atoms with E-state index in [0.717, 1.165) is 38.9 Å². The zero-order valence-electron chi connectivity index (χ0n) is 15.9. The number of hydrogen-bond donors (Lipinski definition) is 1. The van der Waals surface area contributed by atoms with E-state index in [2.05, 4.69) is 0 Å². The number of aryl methyl sites for hydroxylation is 2. The quantitative estimate of drug-likeness (QED) is 0.788. The number of benzene rings is 2. The molecule has 0 unspecified atom stereocenters. The summed E-state index contributed by atoms with van der Waals surface area (Å²) in [5.41, 5.74) is 2.46. The summed E-state index contributed by atoms with van der Waals surface area (Å²) in [6.45, 7) is 3.58. The Kier molecular flexibility index (Phi) is 5.66. The molecule has 1 aliphatic heterocycles. The van der Waals surface area contributed by atoms with Crippen molar-refractivity contribution in [3.8, 4) is 5.75 Å². The third-order valence-electron chi connectivity index (χ3n) is 5.69. The Morgan fingerprint density at radius 2 is 1.79 bits per heavy atom. The maximum absolute atomic E-state index is 13.6. The summed E-state index contributed by atoms with van der Waals surface area (Å²) in [7, 11) is -3.44. The van der Waals surface area contributed by atoms with E-state index in [1.165, 1.54) is 22.1 Å². The summed E-state index contributed by atoms with van der Waals surface area (Å²) < 4.78 is 46.6. The second-order valence-electron chi connectivity index (χ2n) is 7.47. The highest BCUT2D eigenvalue weighted by atomic mass is 32.2. The molecule has 7 heteroatoms. The fourth-order valence-corrected chi connectivity index (χ4v) is 5.51. The van der Waals surface area contributed by atoms with E-state index in [-0.39, 0.29) is 11.6 Å². The summed E-state index contributed by atoms with van der Waals surface area (Å²) in [6.07, 6.45) is 3.13. The van der Waals surface area contributed by atoms with Crippen LogP contribution in [-0.2, 0) is 22.9 Å². The van der Waals surface area contributed by atoms with Gasteiger partial charge in [0.1, 0.15) is 13.2 Å². The molecule has 1 heterocycles. The van der Waals surface area contributed by atoms with E-state index in [0.29, 0.717) is 24.6 Å². The molecule has 0 aromatic heterocycles. The first-order chi connectivity index (χ1) is 13.5. The lowest BCUT2D eigenvalue weighted by molar-refractivity contribution is -0.903. The fraction of sp³-hybridized carbons (Fsp3) is 0.429. The lowest BCUT2D eigenvalue weighted by atomic mass is 10.1. The van der Waals surface area contributed by atoms with E-state index < -0.39 is 10.0 Å². The van der Waals surface area contributed by atoms with Crippen LogP contribution in [0.25, 0.3) is 0 Å². The molecule has 4 rings (SSSR count). The van der Waals surface area contributed by atoms with Gasteiger partial charge >= 0.3 is 0 Å². The van der Waals surface area contributed by atoms with Crippen LogP contribution in [0.4, 0.5) is 4.39 Å². The van der Waals surface area contributed by atoms with Gasteiger partial charge in [-0.3, -0.25) is 0 Å². The number of hydrogen-bond acceptors (Lipinski definition) is 3. The minimum absolute atomic E-state index is 0.264. The normalized spacial score (nSPS) is 18.2. The fourth-order valence-electron chi connectivity index (χ4n) is 4.02. The largest absolute Gasteiger partial charge is 0.485 e. The van der Waals surface area contributed by atoms with Gasteiger partial charge in [-0.25, -0.2) is 12.8 Å². The van der Waals surface area contributed by atoms with Crippen molar-refractivity contribution in [3.63, 3.8) is 0 Å². The Morgan fingerprint density at radius 3 is 2.57 bits per heavy atom. The Hall–Kier alpha value is -1.96. The molecule has 0 atom stereocenters. The van der Waals surface area contributed by atoms with Crippen LogP contribution in [0.5, 0.6) is 5.75 Å². The molecule has 1 saturated heterocycles. The smallest absolute Gasteiger partial charge is 0.243 e. The van der Waals surface area contributed by atoms with Crippen LogP contribution in [0.2, 0.25) is 0 Å². The predicted molar refractivity (Wildman–Crippen MR) is 105 cm³/mol. The SMILES string of the molecule is O=S(=O)(c1ccc2c(c1)CCC2)N1CC[NH+](CCOc2ccccc2F)CC1. The predicted octanol–water partition coefficient (Wildman–Crippen LogP) is 1.28. The zero-order chi connectivity index (χ0) is 19.6. The highest BCUT2D eigenvalue weighted by Crippen LogP contribution is 2.26. The molecule has 2 aromatic carbocycles. The minimum Gasteiger partial charge on any atom is -0.485 e. The van der Waals surface area contributed by atoms with E-state index in [4.69, 9.17) is 4.74 Å². The Balaban J connectivity index is 1.30. The molecule has 1 N–H and O–H groups in total. The van der Waals surface area contributed by atoms with Crippen LogP contribution in [0.1, 0.15) is 17.5 Å². The maximum Gasteiger partial charge on any atom is 0.243 e. The molecule has 0 spiro atoms. The molecule has 2 aromatic rings. The summed E-state index contributed by atoms with van der Waals surface area (Å²) in [4.78, 5) is 1.69. The summed E-state index contributed by atoms with van der Waals surface area (Å²) in [5.74, 6) is -0.0949. The molecule has 0 bridgehead atoms. The van der Waals surface area contributed by atoms with Gasteiger partial charge in [-0.05, 0) is 54.7 Å². The van der Waals surface area contributed by atoms with Crippen molar-refractivity contribution < 1.29 is 22.4 Å². The number of para-hydroxylation sites is 1. The van der Waals surface area contributed by atoms with Gasteiger partial charge in [-0.2, -0.15) is 4.31 Å². The molecule has 28 heavy (non-hydrogen) atoms. The van der Waals surface area contributed by atoms with Gasteiger partial charge in [0.15, 0.2) is 11.6 Å². The number of piperazine rings is 1. The van der Waals surface area contributed by atoms with Gasteiger partial charge < -0.3 is 9.64 Å². The number of halogens is 1. The number of fused-ring (bicyclic) bond motifs is 1. The van der Waals surface area contributed by atoms with Crippen LogP contribution in [-0.4, -0.2) is 52.1 Å². The molecule has 5 nitrogen and oxygen atoms in total. The van der Waals surface area contributed by atoms with E-state index in [1.807, 2.05) is 12.1 Å². The lowest BCUT2D eigenvalue weighted by Crippen LogP contribution is -3.15. The number of nitrogens with one attached hydrogen (secondary N) is 1. The first kappa shape index (κ1) is 19.4. The molecule has 1 fully saturated rings. The molecular weight excluding hydrogens is 379 g/mol. The standard InChI is InChI=1S/C21H25FN2O3S/c22-20-6-1-2-7-21(20)27-15-14-23-10-12-24(13-11-23)28(25,26)19-9-8-17-4-3-5-18(17)16-19/h1-2,6-9,16H,3-5,10-15H2/p+1. The lowest BCUT2D eigenvalue weighted by Gasteiger charge is -2.31. The summed E-state index contributed by atoms with van der Waals surface area (Å²) in [5, 5.41) is 0. The Labute approximate surface area is 165 Å². The Morgan fingerprint density at radius 1 is 1.04 bits per heavy atom. The van der Waals surface area contributed by atoms with Crippen molar-refractivity contribution in [2.45, 2.75) is 24.2 Å². The minimum atomic E-state index is -3.44. The van der Waals surface area contributed by atoms with Crippen molar-refractivity contribution in [2.24, 2.45) is 0 Å². The number of ether oxygens (including phenoxy) is 1. The second-order valence-corrected chi connectivity index (χ2v) is 9.40. The van der Waals surface area contributed by atoms with Gasteiger partial charge in [-0.1, -0.05) is 18.2 Å². The highest BCUT2D eigenvalue weighted by Gasteiger charge is 2.31. The van der Waals surface area contributed by atoms with Crippen LogP contribution >= 0.6 is 0 Å². The number of quaternary nitrogens is 1. The van der Waals surface area contributed by atoms with Crippen LogP contribution in [0.15, 0.2) is 47.4 Å². The van der Waals surface area contributed by atoms with Crippen LogP contribution < -0.4 is 9.64 Å². The topological polar surface area (TPSA) is 51.0 Å². The van der Waals surface area contributed by atoms with Crippen molar-refractivity contribution >= 4 is 10.0 Å². The number of sulfonamides is 1. The van der Waals surface area contributed by atoms with Crippen molar-refractivity contribution in [1.82, 2.24) is 4.31 Å². The molecule has 0 saturated carbocycles. The molecular formula is C21H26FN2O3S+. The van der Waals surface area contributed by atoms with Crippen molar-refractivity contribution in [1.29, 1.82) is 0 Å². The third-order valence-corrected chi connectivity index (χ3v) is 7.58. The van der Waals surface area contributed by atoms with E-state index in [1.54, 1.807) is 28.6 Å². The van der Waals surface area contributed by atoms with Crippen LogP contribution in [0.3, 0.4) is 0 Å². The number of rotatable bonds is 6. The molecule has 0 amide bonds.